The molecule has 1 fully saturated rings. The maximum Gasteiger partial charge on any atom is 0.125 e. The van der Waals surface area contributed by atoms with Crippen LogP contribution in [0.5, 0.6) is 5.75 Å². The van der Waals surface area contributed by atoms with Crippen molar-refractivity contribution in [3.63, 3.8) is 0 Å². The van der Waals surface area contributed by atoms with Crippen LogP contribution < -0.4 is 15.4 Å². The monoisotopic (exact) mass is 218 g/mol. The largest absolute Gasteiger partial charge is 0.496 e. The van der Waals surface area contributed by atoms with Crippen LogP contribution in [0, 0.1) is 0 Å². The highest BCUT2D eigenvalue weighted by atomic mass is 16.5. The number of anilines is 1. The highest BCUT2D eigenvalue weighted by Gasteiger charge is 2.29. The number of hydrogen-bond donors (Lipinski definition) is 2. The second-order valence-corrected chi connectivity index (χ2v) is 4.63. The summed E-state index contributed by atoms with van der Waals surface area (Å²) in [6.07, 6.45) is 3.80. The lowest BCUT2D eigenvalue weighted by atomic mass is 9.96. The molecule has 0 aromatic heterocycles. The normalized spacial score (nSPS) is 23.4. The Hall–Kier alpha value is -1.22. The molecular weight excluding hydrogens is 200 g/mol. The van der Waals surface area contributed by atoms with E-state index in [9.17, 15) is 0 Å². The molecule has 0 spiro atoms. The quantitative estimate of drug-likeness (QED) is 0.816. The molecule has 1 atom stereocenters. The van der Waals surface area contributed by atoms with Crippen LogP contribution in [0.15, 0.2) is 18.2 Å². The number of rotatable bonds is 3. The van der Waals surface area contributed by atoms with Crippen LogP contribution in [-0.2, 0) is 0 Å². The zero-order valence-electron chi connectivity index (χ0n) is 9.62. The van der Waals surface area contributed by atoms with Crippen LogP contribution in [-0.4, -0.2) is 19.7 Å². The Morgan fingerprint density at radius 3 is 2.94 bits per heavy atom. The van der Waals surface area contributed by atoms with Crippen LogP contribution in [0.2, 0.25) is 0 Å². The maximum atomic E-state index is 5.46. The van der Waals surface area contributed by atoms with Crippen LogP contribution in [0.1, 0.15) is 30.9 Å². The van der Waals surface area contributed by atoms with Crippen molar-refractivity contribution >= 4 is 5.69 Å². The van der Waals surface area contributed by atoms with Gasteiger partial charge in [-0.1, -0.05) is 6.07 Å². The zero-order valence-corrected chi connectivity index (χ0v) is 9.62. The van der Waals surface area contributed by atoms with Gasteiger partial charge < -0.3 is 15.4 Å². The van der Waals surface area contributed by atoms with E-state index in [2.05, 4.69) is 16.7 Å². The SMILES string of the molecule is COc1cccc2c1C(NC1CC1)CCN2. The van der Waals surface area contributed by atoms with Crippen LogP contribution in [0.25, 0.3) is 0 Å². The third-order valence-corrected chi connectivity index (χ3v) is 3.40. The molecule has 1 aliphatic carbocycles. The molecule has 1 saturated carbocycles. The summed E-state index contributed by atoms with van der Waals surface area (Å²) in [5.41, 5.74) is 2.53. The molecule has 3 nitrogen and oxygen atoms in total. The fourth-order valence-electron chi connectivity index (χ4n) is 2.43. The average Bonchev–Trinajstić information content (AvgIpc) is 3.12. The van der Waals surface area contributed by atoms with Crippen LogP contribution in [0.4, 0.5) is 5.69 Å². The molecule has 2 aliphatic rings. The molecule has 1 aromatic rings. The minimum absolute atomic E-state index is 0.458. The van der Waals surface area contributed by atoms with E-state index in [4.69, 9.17) is 4.74 Å². The highest BCUT2D eigenvalue weighted by Crippen LogP contribution is 2.38. The molecule has 1 aliphatic heterocycles. The molecule has 3 heteroatoms. The lowest BCUT2D eigenvalue weighted by Gasteiger charge is -2.29. The first-order valence-corrected chi connectivity index (χ1v) is 6.05. The zero-order chi connectivity index (χ0) is 11.0. The number of hydrogen-bond acceptors (Lipinski definition) is 3. The summed E-state index contributed by atoms with van der Waals surface area (Å²) >= 11 is 0. The van der Waals surface area contributed by atoms with E-state index >= 15 is 0 Å². The minimum atomic E-state index is 0.458. The Labute approximate surface area is 96.2 Å². The van der Waals surface area contributed by atoms with Crippen molar-refractivity contribution < 1.29 is 4.74 Å². The molecule has 0 saturated heterocycles. The molecule has 1 heterocycles. The third-order valence-electron chi connectivity index (χ3n) is 3.40. The lowest BCUT2D eigenvalue weighted by molar-refractivity contribution is 0.393. The average molecular weight is 218 g/mol. The molecule has 1 unspecified atom stereocenters. The first-order valence-electron chi connectivity index (χ1n) is 6.05. The van der Waals surface area contributed by atoms with E-state index in [1.807, 2.05) is 12.1 Å². The van der Waals surface area contributed by atoms with Gasteiger partial charge in [0.1, 0.15) is 5.75 Å². The molecule has 0 radical (unpaired) electrons. The summed E-state index contributed by atoms with van der Waals surface area (Å²) in [6, 6.07) is 7.43. The van der Waals surface area contributed by atoms with E-state index in [-0.39, 0.29) is 0 Å². The Kier molecular flexibility index (Phi) is 2.48. The molecular formula is C13H18N2O. The highest BCUT2D eigenvalue weighted by molar-refractivity contribution is 5.60. The smallest absolute Gasteiger partial charge is 0.125 e. The van der Waals surface area contributed by atoms with Gasteiger partial charge in [-0.05, 0) is 31.4 Å². The predicted octanol–water partition coefficient (Wildman–Crippen LogP) is 2.30. The lowest BCUT2D eigenvalue weighted by Crippen LogP contribution is -2.30. The van der Waals surface area contributed by atoms with E-state index in [1.165, 1.54) is 24.1 Å². The summed E-state index contributed by atoms with van der Waals surface area (Å²) in [4.78, 5) is 0. The molecule has 16 heavy (non-hydrogen) atoms. The molecule has 1 aromatic carbocycles. The van der Waals surface area contributed by atoms with Crippen molar-refractivity contribution in [3.05, 3.63) is 23.8 Å². The Bertz CT molecular complexity index is 373. The van der Waals surface area contributed by atoms with Gasteiger partial charge in [-0.3, -0.25) is 0 Å². The van der Waals surface area contributed by atoms with Crippen LogP contribution in [0.3, 0.4) is 0 Å². The van der Waals surface area contributed by atoms with Crippen molar-refractivity contribution in [1.29, 1.82) is 0 Å². The topological polar surface area (TPSA) is 33.3 Å². The van der Waals surface area contributed by atoms with Gasteiger partial charge in [-0.15, -0.1) is 0 Å². The fraction of sp³-hybridized carbons (Fsp3) is 0.538. The summed E-state index contributed by atoms with van der Waals surface area (Å²) in [5.74, 6) is 1.00. The first kappa shape index (κ1) is 9.97. The summed E-state index contributed by atoms with van der Waals surface area (Å²) < 4.78 is 5.46. The number of fused-ring (bicyclic) bond motifs is 1. The third kappa shape index (κ3) is 1.76. The Morgan fingerprint density at radius 2 is 2.19 bits per heavy atom. The van der Waals surface area contributed by atoms with E-state index in [0.717, 1.165) is 24.8 Å². The summed E-state index contributed by atoms with van der Waals surface area (Å²) in [7, 11) is 1.75. The second kappa shape index (κ2) is 3.98. The predicted molar refractivity (Wildman–Crippen MR) is 65.0 cm³/mol. The van der Waals surface area contributed by atoms with Crippen molar-refractivity contribution in [2.24, 2.45) is 0 Å². The van der Waals surface area contributed by atoms with Gasteiger partial charge in [-0.2, -0.15) is 0 Å². The molecule has 0 amide bonds. The molecule has 86 valence electrons. The van der Waals surface area contributed by atoms with Gasteiger partial charge in [0.2, 0.25) is 0 Å². The van der Waals surface area contributed by atoms with Gasteiger partial charge in [0, 0.05) is 29.9 Å². The van der Waals surface area contributed by atoms with Gasteiger partial charge in [0.05, 0.1) is 7.11 Å². The van der Waals surface area contributed by atoms with E-state index < -0.39 is 0 Å². The van der Waals surface area contributed by atoms with Crippen molar-refractivity contribution in [2.45, 2.75) is 31.3 Å². The van der Waals surface area contributed by atoms with Crippen molar-refractivity contribution in [3.8, 4) is 5.75 Å². The standard InChI is InChI=1S/C13H18N2O/c1-16-12-4-2-3-10-13(12)11(7-8-14-10)15-9-5-6-9/h2-4,9,11,14-15H,5-8H2,1H3. The van der Waals surface area contributed by atoms with Crippen molar-refractivity contribution in [2.75, 3.05) is 19.0 Å². The summed E-state index contributed by atoms with van der Waals surface area (Å²) in [6.45, 7) is 1.05. The van der Waals surface area contributed by atoms with E-state index in [0.29, 0.717) is 6.04 Å². The first-order chi connectivity index (χ1) is 7.88. The number of ether oxygens (including phenoxy) is 1. The number of nitrogens with one attached hydrogen (secondary N) is 2. The van der Waals surface area contributed by atoms with Crippen molar-refractivity contribution in [1.82, 2.24) is 5.32 Å². The van der Waals surface area contributed by atoms with Gasteiger partial charge in [-0.25, -0.2) is 0 Å². The minimum Gasteiger partial charge on any atom is -0.496 e. The summed E-state index contributed by atoms with van der Waals surface area (Å²) in [5, 5.41) is 7.14. The molecule has 2 N–H and O–H groups in total. The van der Waals surface area contributed by atoms with Gasteiger partial charge >= 0.3 is 0 Å². The number of benzene rings is 1. The maximum absolute atomic E-state index is 5.46. The van der Waals surface area contributed by atoms with Gasteiger partial charge in [0.15, 0.2) is 0 Å². The number of methoxy groups -OCH3 is 1. The van der Waals surface area contributed by atoms with E-state index in [1.54, 1.807) is 7.11 Å². The second-order valence-electron chi connectivity index (χ2n) is 4.63. The Morgan fingerprint density at radius 1 is 1.31 bits per heavy atom. The fourth-order valence-corrected chi connectivity index (χ4v) is 2.43. The van der Waals surface area contributed by atoms with Crippen LogP contribution >= 0.6 is 0 Å². The van der Waals surface area contributed by atoms with Gasteiger partial charge in [0.25, 0.3) is 0 Å². The molecule has 0 bridgehead atoms. The Balaban J connectivity index is 1.94. The molecule has 3 rings (SSSR count).